The molecule has 228 valence electrons. The maximum Gasteiger partial charge on any atom is 0.0774 e. The van der Waals surface area contributed by atoms with E-state index in [-0.39, 0.29) is 0 Å². The van der Waals surface area contributed by atoms with Crippen molar-refractivity contribution in [2.75, 3.05) is 0 Å². The van der Waals surface area contributed by atoms with Crippen LogP contribution >= 0.6 is 0 Å². The molecule has 0 amide bonds. The first-order valence-corrected chi connectivity index (χ1v) is 16.1. The fraction of sp³-hybridized carbons (Fsp3) is 0.114. The first-order chi connectivity index (χ1) is 23.0. The van der Waals surface area contributed by atoms with Crippen molar-refractivity contribution in [2.24, 2.45) is 0 Å². The molecule has 3 heteroatoms. The molecule has 7 rings (SSSR count). The average Bonchev–Trinajstić information content (AvgIpc) is 3.15. The highest BCUT2D eigenvalue weighted by Crippen LogP contribution is 2.44. The van der Waals surface area contributed by atoms with Crippen LogP contribution in [0.5, 0.6) is 0 Å². The van der Waals surface area contributed by atoms with Gasteiger partial charge in [-0.05, 0) is 85.0 Å². The lowest BCUT2D eigenvalue weighted by Gasteiger charge is -2.33. The molecule has 0 radical (unpaired) electrons. The molecular formula is C44H37N3. The van der Waals surface area contributed by atoms with Gasteiger partial charge in [-0.2, -0.15) is 0 Å². The van der Waals surface area contributed by atoms with Crippen molar-refractivity contribution in [3.8, 4) is 22.4 Å². The van der Waals surface area contributed by atoms with E-state index in [2.05, 4.69) is 166 Å². The molecule has 47 heavy (non-hydrogen) atoms. The zero-order chi connectivity index (χ0) is 32.3. The molecule has 2 unspecified atom stereocenters. The summed E-state index contributed by atoms with van der Waals surface area (Å²) in [6, 6.07) is 55.2. The standard InChI is InChI=1S/C44H37N3/c1-32-30-38(34-20-17-25-37(31-34)43(2,35-21-9-5-10-22-35)39-26-13-15-28-45-39)47-42(41(32)33-18-7-4-8-19-33)44(3,36-23-11-6-12-24-36)40-27-14-16-29-46-40/h4-31H,1-3H3. The number of nitrogens with zero attached hydrogens (tertiary/aromatic N) is 3. The Hall–Kier alpha value is -5.67. The summed E-state index contributed by atoms with van der Waals surface area (Å²) in [5.74, 6) is 0. The monoisotopic (exact) mass is 607 g/mol. The van der Waals surface area contributed by atoms with E-state index < -0.39 is 10.8 Å². The highest BCUT2D eigenvalue weighted by atomic mass is 14.8. The first kappa shape index (κ1) is 30.0. The molecule has 0 aliphatic rings. The maximum atomic E-state index is 5.62. The van der Waals surface area contributed by atoms with E-state index in [1.54, 1.807) is 0 Å². The Labute approximate surface area is 277 Å². The van der Waals surface area contributed by atoms with Crippen LogP contribution in [0.3, 0.4) is 0 Å². The van der Waals surface area contributed by atoms with Gasteiger partial charge in [-0.15, -0.1) is 0 Å². The minimum absolute atomic E-state index is 0.465. The molecule has 0 fully saturated rings. The number of hydrogen-bond donors (Lipinski definition) is 0. The zero-order valence-corrected chi connectivity index (χ0v) is 27.0. The molecular weight excluding hydrogens is 571 g/mol. The normalized spacial score (nSPS) is 13.8. The minimum Gasteiger partial charge on any atom is -0.260 e. The Morgan fingerprint density at radius 3 is 1.51 bits per heavy atom. The van der Waals surface area contributed by atoms with Gasteiger partial charge in [-0.25, -0.2) is 0 Å². The van der Waals surface area contributed by atoms with Gasteiger partial charge in [0.2, 0.25) is 0 Å². The van der Waals surface area contributed by atoms with E-state index in [1.807, 2.05) is 24.5 Å². The van der Waals surface area contributed by atoms with E-state index >= 15 is 0 Å². The number of aromatic nitrogens is 3. The molecule has 4 aromatic carbocycles. The summed E-state index contributed by atoms with van der Waals surface area (Å²) in [6.07, 6.45) is 3.75. The minimum atomic E-state index is -0.626. The average molecular weight is 608 g/mol. The molecule has 2 atom stereocenters. The lowest BCUT2D eigenvalue weighted by atomic mass is 9.72. The lowest BCUT2D eigenvalue weighted by molar-refractivity contribution is 0.643. The van der Waals surface area contributed by atoms with Crippen molar-refractivity contribution < 1.29 is 0 Å². The molecule has 3 nitrogen and oxygen atoms in total. The number of aryl methyl sites for hydroxylation is 1. The summed E-state index contributed by atoms with van der Waals surface area (Å²) < 4.78 is 0. The van der Waals surface area contributed by atoms with E-state index in [0.29, 0.717) is 0 Å². The smallest absolute Gasteiger partial charge is 0.0774 e. The number of hydrogen-bond acceptors (Lipinski definition) is 3. The zero-order valence-electron chi connectivity index (χ0n) is 27.0. The second kappa shape index (κ2) is 12.6. The van der Waals surface area contributed by atoms with Crippen molar-refractivity contribution >= 4 is 0 Å². The van der Waals surface area contributed by atoms with Gasteiger partial charge >= 0.3 is 0 Å². The Morgan fingerprint density at radius 2 is 0.936 bits per heavy atom. The lowest BCUT2D eigenvalue weighted by Crippen LogP contribution is -2.29. The van der Waals surface area contributed by atoms with Crippen LogP contribution in [-0.4, -0.2) is 15.0 Å². The SMILES string of the molecule is Cc1cc(-c2cccc(C(C)(c3ccccc3)c3ccccn3)c2)nc(C(C)(c2ccccc2)c2ccccn2)c1-c1ccccc1. The van der Waals surface area contributed by atoms with Crippen LogP contribution in [0, 0.1) is 6.92 Å². The molecule has 0 aliphatic carbocycles. The second-order valence-electron chi connectivity index (χ2n) is 12.4. The molecule has 0 spiro atoms. The predicted octanol–water partition coefficient (Wildman–Crippen LogP) is 10.2. The van der Waals surface area contributed by atoms with Crippen molar-refractivity contribution in [1.29, 1.82) is 0 Å². The third kappa shape index (κ3) is 5.44. The first-order valence-electron chi connectivity index (χ1n) is 16.1. The van der Waals surface area contributed by atoms with Crippen LogP contribution in [0.25, 0.3) is 22.4 Å². The van der Waals surface area contributed by atoms with Crippen molar-refractivity contribution in [3.63, 3.8) is 0 Å². The van der Waals surface area contributed by atoms with E-state index in [1.165, 1.54) is 5.56 Å². The maximum absolute atomic E-state index is 5.62. The summed E-state index contributed by atoms with van der Waals surface area (Å²) in [7, 11) is 0. The Balaban J connectivity index is 1.48. The second-order valence-corrected chi connectivity index (χ2v) is 12.4. The highest BCUT2D eigenvalue weighted by Gasteiger charge is 2.38. The van der Waals surface area contributed by atoms with Crippen LogP contribution in [0.1, 0.15) is 53.2 Å². The molecule has 0 saturated heterocycles. The predicted molar refractivity (Wildman–Crippen MR) is 192 cm³/mol. The summed E-state index contributed by atoms with van der Waals surface area (Å²) >= 11 is 0. The van der Waals surface area contributed by atoms with Crippen LogP contribution in [0.15, 0.2) is 170 Å². The van der Waals surface area contributed by atoms with Crippen LogP contribution in [0.2, 0.25) is 0 Å². The van der Waals surface area contributed by atoms with E-state index in [9.17, 15) is 0 Å². The van der Waals surface area contributed by atoms with Gasteiger partial charge in [0, 0.05) is 23.5 Å². The fourth-order valence-corrected chi connectivity index (χ4v) is 6.87. The fourth-order valence-electron chi connectivity index (χ4n) is 6.87. The Bertz CT molecular complexity index is 2010. The van der Waals surface area contributed by atoms with Crippen LogP contribution in [-0.2, 0) is 10.8 Å². The third-order valence-corrected chi connectivity index (χ3v) is 9.55. The topological polar surface area (TPSA) is 38.7 Å². The summed E-state index contributed by atoms with van der Waals surface area (Å²) in [5, 5.41) is 0. The van der Waals surface area contributed by atoms with Crippen molar-refractivity contribution in [3.05, 3.63) is 209 Å². The Morgan fingerprint density at radius 1 is 0.447 bits per heavy atom. The quantitative estimate of drug-likeness (QED) is 0.173. The molecule has 7 aromatic rings. The molecule has 3 heterocycles. The molecule has 0 N–H and O–H groups in total. The number of pyridine rings is 3. The van der Waals surface area contributed by atoms with E-state index in [0.717, 1.165) is 56.2 Å². The van der Waals surface area contributed by atoms with Gasteiger partial charge in [0.05, 0.1) is 33.6 Å². The van der Waals surface area contributed by atoms with Gasteiger partial charge < -0.3 is 0 Å². The van der Waals surface area contributed by atoms with Crippen LogP contribution < -0.4 is 0 Å². The highest BCUT2D eigenvalue weighted by molar-refractivity contribution is 5.76. The third-order valence-electron chi connectivity index (χ3n) is 9.55. The van der Waals surface area contributed by atoms with Crippen molar-refractivity contribution in [1.82, 2.24) is 15.0 Å². The molecule has 3 aromatic heterocycles. The van der Waals surface area contributed by atoms with Gasteiger partial charge in [0.1, 0.15) is 0 Å². The number of rotatable bonds is 8. The van der Waals surface area contributed by atoms with Crippen molar-refractivity contribution in [2.45, 2.75) is 31.6 Å². The van der Waals surface area contributed by atoms with Gasteiger partial charge in [0.15, 0.2) is 0 Å². The van der Waals surface area contributed by atoms with Gasteiger partial charge in [-0.3, -0.25) is 15.0 Å². The largest absolute Gasteiger partial charge is 0.260 e. The van der Waals surface area contributed by atoms with E-state index in [4.69, 9.17) is 15.0 Å². The molecule has 0 bridgehead atoms. The molecule has 0 aliphatic heterocycles. The van der Waals surface area contributed by atoms with Gasteiger partial charge in [-0.1, -0.05) is 121 Å². The Kier molecular flexibility index (Phi) is 8.05. The number of benzene rings is 4. The summed E-state index contributed by atoms with van der Waals surface area (Å²) in [4.78, 5) is 15.4. The van der Waals surface area contributed by atoms with Crippen LogP contribution in [0.4, 0.5) is 0 Å². The molecule has 0 saturated carbocycles. The summed E-state index contributed by atoms with van der Waals surface area (Å²) in [6.45, 7) is 6.72. The van der Waals surface area contributed by atoms with Gasteiger partial charge in [0.25, 0.3) is 0 Å². The summed E-state index contributed by atoms with van der Waals surface area (Å²) in [5.41, 5.74) is 10.7.